The Morgan fingerprint density at radius 1 is 1.18 bits per heavy atom. The Morgan fingerprint density at radius 2 is 1.82 bits per heavy atom. The fourth-order valence-corrected chi connectivity index (χ4v) is 5.46. The van der Waals surface area contributed by atoms with Crippen molar-refractivity contribution in [2.24, 2.45) is 5.92 Å². The first-order valence-electron chi connectivity index (χ1n) is 9.90. The number of aliphatic hydroxyl groups is 1. The zero-order valence-electron chi connectivity index (χ0n) is 17.5. The summed E-state index contributed by atoms with van der Waals surface area (Å²) in [5.74, 6) is 1.18. The molecule has 0 bridgehead atoms. The van der Waals surface area contributed by atoms with Gasteiger partial charge < -0.3 is 14.4 Å². The topological polar surface area (TPSA) is 81.4 Å². The Hall–Kier alpha value is -1.44. The van der Waals surface area contributed by atoms with Crippen molar-refractivity contribution in [1.29, 1.82) is 0 Å². The minimum Gasteiger partial charge on any atom is -0.389 e. The summed E-state index contributed by atoms with van der Waals surface area (Å²) < 4.78 is 33.1. The molecule has 3 rings (SSSR count). The number of hydrogen-bond donors (Lipinski definition) is 1. The van der Waals surface area contributed by atoms with Crippen LogP contribution < -0.4 is 0 Å². The van der Waals surface area contributed by atoms with E-state index >= 15 is 0 Å². The third-order valence-electron chi connectivity index (χ3n) is 5.07. The van der Waals surface area contributed by atoms with Gasteiger partial charge in [0.05, 0.1) is 27.3 Å². The average molecular weight is 409 g/mol. The minimum atomic E-state index is -3.59. The fourth-order valence-electron chi connectivity index (χ4n) is 3.80. The van der Waals surface area contributed by atoms with E-state index in [0.29, 0.717) is 11.4 Å². The van der Waals surface area contributed by atoms with E-state index in [1.165, 1.54) is 13.8 Å². The van der Waals surface area contributed by atoms with Crippen LogP contribution in [0.1, 0.15) is 53.3 Å². The Morgan fingerprint density at radius 3 is 2.39 bits per heavy atom. The maximum Gasteiger partial charge on any atom is 0.181 e. The lowest BCUT2D eigenvalue weighted by molar-refractivity contribution is 0.0611. The first kappa shape index (κ1) is 21.3. The van der Waals surface area contributed by atoms with E-state index in [0.717, 1.165) is 43.9 Å². The molecular formula is C21H32N2O4S. The molecule has 156 valence electrons. The zero-order valence-corrected chi connectivity index (χ0v) is 18.3. The normalized spacial score (nSPS) is 17.4. The third-order valence-corrected chi connectivity index (χ3v) is 7.13. The molecule has 0 amide bonds. The second kappa shape index (κ2) is 7.43. The number of aromatic nitrogens is 2. The Balaban J connectivity index is 2.05. The van der Waals surface area contributed by atoms with Gasteiger partial charge in [-0.2, -0.15) is 0 Å². The maximum atomic E-state index is 12.7. The van der Waals surface area contributed by atoms with Crippen LogP contribution in [0, 0.1) is 5.92 Å². The number of nitrogens with zero attached hydrogens (tertiary/aromatic N) is 2. The van der Waals surface area contributed by atoms with Crippen molar-refractivity contribution in [1.82, 2.24) is 9.55 Å². The molecule has 7 heteroatoms. The summed E-state index contributed by atoms with van der Waals surface area (Å²) in [6.45, 7) is 11.8. The van der Waals surface area contributed by atoms with Crippen molar-refractivity contribution in [3.8, 4) is 0 Å². The van der Waals surface area contributed by atoms with Gasteiger partial charge in [0.1, 0.15) is 5.82 Å². The van der Waals surface area contributed by atoms with Crippen molar-refractivity contribution >= 4 is 20.9 Å². The summed E-state index contributed by atoms with van der Waals surface area (Å²) in [5, 5.41) is 9.96. The lowest BCUT2D eigenvalue weighted by Crippen LogP contribution is -2.30. The molecule has 6 nitrogen and oxygen atoms in total. The maximum absolute atomic E-state index is 12.7. The molecular weight excluding hydrogens is 376 g/mol. The number of ether oxygens (including phenoxy) is 1. The molecule has 1 aliphatic heterocycles. The number of imidazole rings is 1. The van der Waals surface area contributed by atoms with Gasteiger partial charge in [-0.1, -0.05) is 20.8 Å². The van der Waals surface area contributed by atoms with Gasteiger partial charge in [0.25, 0.3) is 0 Å². The molecule has 0 aliphatic carbocycles. The predicted octanol–water partition coefficient (Wildman–Crippen LogP) is 3.31. The number of benzene rings is 1. The summed E-state index contributed by atoms with van der Waals surface area (Å²) in [6, 6.07) is 5.14. The Labute approximate surface area is 167 Å². The molecule has 0 unspecified atom stereocenters. The van der Waals surface area contributed by atoms with Crippen LogP contribution in [-0.2, 0) is 26.5 Å². The predicted molar refractivity (Wildman–Crippen MR) is 110 cm³/mol. The number of rotatable bonds is 5. The fraction of sp³-hybridized carbons (Fsp3) is 0.667. The van der Waals surface area contributed by atoms with Gasteiger partial charge in [0.15, 0.2) is 9.84 Å². The van der Waals surface area contributed by atoms with E-state index in [4.69, 9.17) is 9.72 Å². The van der Waals surface area contributed by atoms with Crippen LogP contribution in [0.25, 0.3) is 11.0 Å². The lowest BCUT2D eigenvalue weighted by Gasteiger charge is -2.26. The first-order chi connectivity index (χ1) is 12.9. The Bertz CT molecular complexity index is 943. The summed E-state index contributed by atoms with van der Waals surface area (Å²) in [7, 11) is -3.59. The molecule has 1 saturated heterocycles. The van der Waals surface area contributed by atoms with Crippen LogP contribution >= 0.6 is 0 Å². The molecule has 1 aliphatic rings. The van der Waals surface area contributed by atoms with Gasteiger partial charge in [-0.05, 0) is 50.8 Å². The van der Waals surface area contributed by atoms with Crippen LogP contribution in [0.3, 0.4) is 0 Å². The molecule has 2 heterocycles. The van der Waals surface area contributed by atoms with Gasteiger partial charge in [-0.15, -0.1) is 0 Å². The van der Waals surface area contributed by atoms with E-state index in [9.17, 15) is 13.5 Å². The highest BCUT2D eigenvalue weighted by Gasteiger charge is 2.28. The van der Waals surface area contributed by atoms with E-state index < -0.39 is 15.4 Å². The summed E-state index contributed by atoms with van der Waals surface area (Å²) >= 11 is 0. The molecule has 0 atom stereocenters. The number of hydrogen-bond acceptors (Lipinski definition) is 5. The van der Waals surface area contributed by atoms with Gasteiger partial charge in [0.2, 0.25) is 0 Å². The molecule has 1 fully saturated rings. The molecule has 0 spiro atoms. The minimum absolute atomic E-state index is 0.156. The van der Waals surface area contributed by atoms with E-state index in [1.54, 1.807) is 12.1 Å². The molecule has 28 heavy (non-hydrogen) atoms. The van der Waals surface area contributed by atoms with Crippen LogP contribution in [-0.4, -0.2) is 47.6 Å². The standard InChI is InChI=1S/C21H32N2O4S/c1-20(2,3)19-22-17-12-16(28(25,26)14-21(4,5)24)6-7-18(17)23(19)13-15-8-10-27-11-9-15/h6-7,12,15,24H,8-11,13-14H2,1-5H3. The third kappa shape index (κ3) is 4.75. The van der Waals surface area contributed by atoms with Crippen molar-refractivity contribution < 1.29 is 18.3 Å². The van der Waals surface area contributed by atoms with Gasteiger partial charge in [-0.25, -0.2) is 13.4 Å². The molecule has 2 aromatic rings. The van der Waals surface area contributed by atoms with Crippen LogP contribution in [0.4, 0.5) is 0 Å². The van der Waals surface area contributed by atoms with Crippen molar-refractivity contribution in [3.63, 3.8) is 0 Å². The number of sulfone groups is 1. The van der Waals surface area contributed by atoms with Crippen LogP contribution in [0.2, 0.25) is 0 Å². The van der Waals surface area contributed by atoms with Gasteiger partial charge >= 0.3 is 0 Å². The van der Waals surface area contributed by atoms with Crippen LogP contribution in [0.5, 0.6) is 0 Å². The molecule has 0 radical (unpaired) electrons. The second-order valence-electron chi connectivity index (χ2n) is 9.57. The Kier molecular flexibility index (Phi) is 5.64. The van der Waals surface area contributed by atoms with Crippen LogP contribution in [0.15, 0.2) is 23.1 Å². The molecule has 0 saturated carbocycles. The quantitative estimate of drug-likeness (QED) is 0.821. The lowest BCUT2D eigenvalue weighted by atomic mass is 9.94. The summed E-state index contributed by atoms with van der Waals surface area (Å²) in [6.07, 6.45) is 2.06. The largest absolute Gasteiger partial charge is 0.389 e. The first-order valence-corrected chi connectivity index (χ1v) is 11.6. The highest BCUT2D eigenvalue weighted by molar-refractivity contribution is 7.91. The van der Waals surface area contributed by atoms with Gasteiger partial charge in [0, 0.05) is 25.2 Å². The smallest absolute Gasteiger partial charge is 0.181 e. The highest BCUT2D eigenvalue weighted by Crippen LogP contribution is 2.30. The highest BCUT2D eigenvalue weighted by atomic mass is 32.2. The van der Waals surface area contributed by atoms with Gasteiger partial charge in [-0.3, -0.25) is 0 Å². The van der Waals surface area contributed by atoms with E-state index in [1.807, 2.05) is 6.07 Å². The summed E-state index contributed by atoms with van der Waals surface area (Å²) in [4.78, 5) is 5.03. The van der Waals surface area contributed by atoms with E-state index in [2.05, 4.69) is 25.3 Å². The zero-order chi connectivity index (χ0) is 20.7. The number of fused-ring (bicyclic) bond motifs is 1. The van der Waals surface area contributed by atoms with Crippen molar-refractivity contribution in [2.75, 3.05) is 19.0 Å². The summed E-state index contributed by atoms with van der Waals surface area (Å²) in [5.41, 5.74) is 0.204. The molecule has 1 aromatic heterocycles. The SMILES string of the molecule is CC(C)(O)CS(=O)(=O)c1ccc2c(c1)nc(C(C)(C)C)n2CC1CCOCC1. The second-order valence-corrected chi connectivity index (χ2v) is 11.6. The van der Waals surface area contributed by atoms with Crippen molar-refractivity contribution in [3.05, 3.63) is 24.0 Å². The molecule has 1 N–H and O–H groups in total. The van der Waals surface area contributed by atoms with E-state index in [-0.39, 0.29) is 16.1 Å². The van der Waals surface area contributed by atoms with Crippen molar-refractivity contribution in [2.45, 2.75) is 69.9 Å². The average Bonchev–Trinajstić information content (AvgIpc) is 2.92. The monoisotopic (exact) mass is 408 g/mol. The molecule has 1 aromatic carbocycles.